The van der Waals surface area contributed by atoms with E-state index in [1.54, 1.807) is 11.6 Å². The number of carbonyl (C=O) groups is 2. The number of rotatable bonds is 5. The van der Waals surface area contributed by atoms with Crippen LogP contribution in [0.3, 0.4) is 0 Å². The van der Waals surface area contributed by atoms with Gasteiger partial charge in [0.2, 0.25) is 5.91 Å². The van der Waals surface area contributed by atoms with Crippen molar-refractivity contribution in [3.05, 3.63) is 28.3 Å². The molecule has 0 saturated carbocycles. The SMILES string of the molecule is Cc1nn(C)c2sc(C(=O)NC(C)C(=O)NCC3=CCNCC3)cc12. The Kier molecular flexibility index (Phi) is 5.19. The van der Waals surface area contributed by atoms with Crippen molar-refractivity contribution in [2.75, 3.05) is 19.6 Å². The minimum Gasteiger partial charge on any atom is -0.351 e. The molecule has 1 atom stereocenters. The van der Waals surface area contributed by atoms with Crippen LogP contribution >= 0.6 is 11.3 Å². The maximum Gasteiger partial charge on any atom is 0.262 e. The maximum atomic E-state index is 12.4. The fourth-order valence-corrected chi connectivity index (χ4v) is 3.86. The molecule has 2 aromatic rings. The minimum atomic E-state index is -0.584. The van der Waals surface area contributed by atoms with Crippen molar-refractivity contribution in [2.24, 2.45) is 7.05 Å². The third kappa shape index (κ3) is 3.91. The molecule has 134 valence electrons. The number of aryl methyl sites for hydroxylation is 2. The molecule has 1 unspecified atom stereocenters. The van der Waals surface area contributed by atoms with Gasteiger partial charge in [-0.1, -0.05) is 11.6 Å². The van der Waals surface area contributed by atoms with Crippen molar-refractivity contribution in [1.82, 2.24) is 25.7 Å². The fourth-order valence-electron chi connectivity index (χ4n) is 2.83. The summed E-state index contributed by atoms with van der Waals surface area (Å²) in [5, 5.41) is 14.2. The van der Waals surface area contributed by atoms with Gasteiger partial charge in [0.1, 0.15) is 10.9 Å². The fraction of sp³-hybridized carbons (Fsp3) is 0.471. The molecule has 3 N–H and O–H groups in total. The van der Waals surface area contributed by atoms with Crippen molar-refractivity contribution in [2.45, 2.75) is 26.3 Å². The second-order valence-corrected chi connectivity index (χ2v) is 7.30. The molecule has 0 fully saturated rings. The number of fused-ring (bicyclic) bond motifs is 1. The molecule has 0 aromatic carbocycles. The highest BCUT2D eigenvalue weighted by Gasteiger charge is 2.20. The molecule has 25 heavy (non-hydrogen) atoms. The zero-order chi connectivity index (χ0) is 18.0. The molecule has 0 radical (unpaired) electrons. The van der Waals surface area contributed by atoms with Crippen LogP contribution < -0.4 is 16.0 Å². The second-order valence-electron chi connectivity index (χ2n) is 6.27. The van der Waals surface area contributed by atoms with Gasteiger partial charge < -0.3 is 16.0 Å². The number of nitrogens with zero attached hydrogens (tertiary/aromatic N) is 2. The van der Waals surface area contributed by atoms with Crippen LogP contribution in [0.5, 0.6) is 0 Å². The summed E-state index contributed by atoms with van der Waals surface area (Å²) in [5.74, 6) is -0.406. The van der Waals surface area contributed by atoms with Gasteiger partial charge in [0.25, 0.3) is 5.91 Å². The van der Waals surface area contributed by atoms with Gasteiger partial charge in [-0.2, -0.15) is 5.10 Å². The number of carbonyl (C=O) groups excluding carboxylic acids is 2. The second kappa shape index (κ2) is 7.37. The molecule has 3 heterocycles. The number of nitrogens with one attached hydrogen (secondary N) is 3. The third-order valence-corrected chi connectivity index (χ3v) is 5.51. The molecule has 0 bridgehead atoms. The Hall–Kier alpha value is -2.19. The lowest BCUT2D eigenvalue weighted by molar-refractivity contribution is -0.122. The van der Waals surface area contributed by atoms with Gasteiger partial charge in [-0.05, 0) is 32.9 Å². The number of hydrogen-bond acceptors (Lipinski definition) is 5. The van der Waals surface area contributed by atoms with Gasteiger partial charge in [0, 0.05) is 25.5 Å². The van der Waals surface area contributed by atoms with E-state index in [4.69, 9.17) is 0 Å². The first kappa shape index (κ1) is 17.6. The molecule has 1 aliphatic rings. The maximum absolute atomic E-state index is 12.4. The first-order valence-electron chi connectivity index (χ1n) is 8.36. The van der Waals surface area contributed by atoms with E-state index in [1.165, 1.54) is 16.9 Å². The topological polar surface area (TPSA) is 88.0 Å². The summed E-state index contributed by atoms with van der Waals surface area (Å²) in [5.41, 5.74) is 2.12. The Morgan fingerprint density at radius 2 is 2.28 bits per heavy atom. The summed E-state index contributed by atoms with van der Waals surface area (Å²) in [6, 6.07) is 1.25. The number of aromatic nitrogens is 2. The predicted molar refractivity (Wildman–Crippen MR) is 98.8 cm³/mol. The summed E-state index contributed by atoms with van der Waals surface area (Å²) in [6.07, 6.45) is 3.04. The lowest BCUT2D eigenvalue weighted by Gasteiger charge is -2.17. The van der Waals surface area contributed by atoms with Gasteiger partial charge in [0.05, 0.1) is 10.6 Å². The van der Waals surface area contributed by atoms with Crippen molar-refractivity contribution in [3.63, 3.8) is 0 Å². The van der Waals surface area contributed by atoms with Crippen molar-refractivity contribution in [1.29, 1.82) is 0 Å². The number of hydrogen-bond donors (Lipinski definition) is 3. The van der Waals surface area contributed by atoms with Crippen LogP contribution in [0.15, 0.2) is 17.7 Å². The Morgan fingerprint density at radius 1 is 1.48 bits per heavy atom. The summed E-state index contributed by atoms with van der Waals surface area (Å²) >= 11 is 1.38. The zero-order valence-electron chi connectivity index (χ0n) is 14.7. The first-order valence-corrected chi connectivity index (χ1v) is 9.17. The van der Waals surface area contributed by atoms with Gasteiger partial charge in [-0.3, -0.25) is 14.3 Å². The van der Waals surface area contributed by atoms with E-state index in [9.17, 15) is 9.59 Å². The number of amides is 2. The van der Waals surface area contributed by atoms with Crippen molar-refractivity contribution in [3.8, 4) is 0 Å². The molecule has 8 heteroatoms. The van der Waals surface area contributed by atoms with Crippen LogP contribution in [0.2, 0.25) is 0 Å². The normalized spacial score (nSPS) is 15.7. The molecule has 7 nitrogen and oxygen atoms in total. The highest BCUT2D eigenvalue weighted by Crippen LogP contribution is 2.27. The van der Waals surface area contributed by atoms with Crippen molar-refractivity contribution < 1.29 is 9.59 Å². The molecule has 2 aromatic heterocycles. The van der Waals surface area contributed by atoms with Crippen LogP contribution in [-0.4, -0.2) is 47.3 Å². The molecule has 1 aliphatic heterocycles. The van der Waals surface area contributed by atoms with E-state index < -0.39 is 6.04 Å². The highest BCUT2D eigenvalue weighted by molar-refractivity contribution is 7.20. The van der Waals surface area contributed by atoms with E-state index in [1.807, 2.05) is 20.0 Å². The monoisotopic (exact) mass is 361 g/mol. The van der Waals surface area contributed by atoms with Gasteiger partial charge in [0.15, 0.2) is 0 Å². The third-order valence-electron chi connectivity index (χ3n) is 4.31. The van der Waals surface area contributed by atoms with Crippen LogP contribution in [0.4, 0.5) is 0 Å². The van der Waals surface area contributed by atoms with Gasteiger partial charge in [-0.25, -0.2) is 0 Å². The standard InChI is InChI=1S/C17H23N5O2S/c1-10-13-8-14(25-17(13)22(3)21-10)16(24)20-11(2)15(23)19-9-12-4-6-18-7-5-12/h4,8,11,18H,5-7,9H2,1-3H3,(H,19,23)(H,20,24). The van der Waals surface area contributed by atoms with Crippen LogP contribution in [-0.2, 0) is 11.8 Å². The Bertz CT molecular complexity index is 801. The van der Waals surface area contributed by atoms with Gasteiger partial charge >= 0.3 is 0 Å². The highest BCUT2D eigenvalue weighted by atomic mass is 32.1. The van der Waals surface area contributed by atoms with Crippen molar-refractivity contribution >= 4 is 33.4 Å². The Labute approximate surface area is 150 Å². The number of thiophene rings is 1. The minimum absolute atomic E-state index is 0.174. The summed E-state index contributed by atoms with van der Waals surface area (Å²) in [4.78, 5) is 26.2. The lowest BCUT2D eigenvalue weighted by Crippen LogP contribution is -2.45. The smallest absolute Gasteiger partial charge is 0.262 e. The van der Waals surface area contributed by atoms with E-state index in [2.05, 4.69) is 27.1 Å². The van der Waals surface area contributed by atoms with Crippen LogP contribution in [0.25, 0.3) is 10.2 Å². The quantitative estimate of drug-likeness (QED) is 0.696. The average Bonchev–Trinajstić information content (AvgIpc) is 3.15. The molecule has 3 rings (SSSR count). The Balaban J connectivity index is 1.58. The largest absolute Gasteiger partial charge is 0.351 e. The summed E-state index contributed by atoms with van der Waals surface area (Å²) < 4.78 is 1.77. The molecular formula is C17H23N5O2S. The predicted octanol–water partition coefficient (Wildman–Crippen LogP) is 1.10. The summed E-state index contributed by atoms with van der Waals surface area (Å²) in [7, 11) is 1.86. The molecule has 0 spiro atoms. The summed E-state index contributed by atoms with van der Waals surface area (Å²) in [6.45, 7) is 5.94. The van der Waals surface area contributed by atoms with Crippen LogP contribution in [0.1, 0.15) is 28.7 Å². The van der Waals surface area contributed by atoms with Gasteiger partial charge in [-0.15, -0.1) is 11.3 Å². The van der Waals surface area contributed by atoms with E-state index in [0.29, 0.717) is 11.4 Å². The zero-order valence-corrected chi connectivity index (χ0v) is 15.5. The van der Waals surface area contributed by atoms with E-state index >= 15 is 0 Å². The van der Waals surface area contributed by atoms with E-state index in [0.717, 1.165) is 35.4 Å². The molecule has 0 aliphatic carbocycles. The van der Waals surface area contributed by atoms with Crippen LogP contribution in [0, 0.1) is 6.92 Å². The Morgan fingerprint density at radius 3 is 2.96 bits per heavy atom. The molecule has 0 saturated heterocycles. The first-order chi connectivity index (χ1) is 12.0. The van der Waals surface area contributed by atoms with E-state index in [-0.39, 0.29) is 11.8 Å². The molecular weight excluding hydrogens is 338 g/mol. The average molecular weight is 361 g/mol. The molecule has 2 amide bonds. The lowest BCUT2D eigenvalue weighted by atomic mass is 10.1.